The number of rotatable bonds is 7. The first-order valence-corrected chi connectivity index (χ1v) is 7.92. The first-order valence-electron chi connectivity index (χ1n) is 7.92. The van der Waals surface area contributed by atoms with Crippen molar-refractivity contribution >= 4 is 0 Å². The maximum atomic E-state index is 5.54. The van der Waals surface area contributed by atoms with E-state index in [1.54, 1.807) is 7.11 Å². The molecule has 3 heteroatoms. The number of likely N-dealkylation sites (tertiary alicyclic amines) is 1. The number of hydrogen-bond acceptors (Lipinski definition) is 3. The van der Waals surface area contributed by atoms with Crippen molar-refractivity contribution in [3.63, 3.8) is 0 Å². The topological polar surface area (TPSA) is 24.5 Å². The Labute approximate surface area is 129 Å². The van der Waals surface area contributed by atoms with E-state index in [0.29, 0.717) is 0 Å². The fourth-order valence-corrected chi connectivity index (χ4v) is 3.03. The summed E-state index contributed by atoms with van der Waals surface area (Å²) in [7, 11) is 1.75. The summed E-state index contributed by atoms with van der Waals surface area (Å²) >= 11 is 0. The lowest BCUT2D eigenvalue weighted by molar-refractivity contribution is 0.176. The minimum Gasteiger partial charge on any atom is -0.496 e. The minimum atomic E-state index is 0.816. The monoisotopic (exact) mass is 288 g/mol. The Morgan fingerprint density at radius 1 is 1.48 bits per heavy atom. The predicted molar refractivity (Wildman–Crippen MR) is 88.6 cm³/mol. The Morgan fingerprint density at radius 3 is 3.05 bits per heavy atom. The highest BCUT2D eigenvalue weighted by Crippen LogP contribution is 2.23. The molecular formula is C18H28N2O. The molecule has 1 aliphatic rings. The smallest absolute Gasteiger partial charge is 0.123 e. The second-order valence-corrected chi connectivity index (χ2v) is 6.05. The normalized spacial score (nSPS) is 19.4. The molecule has 0 radical (unpaired) electrons. The van der Waals surface area contributed by atoms with Crippen LogP contribution in [-0.2, 0) is 13.1 Å². The van der Waals surface area contributed by atoms with Gasteiger partial charge < -0.3 is 10.1 Å². The standard InChI is InChI=1S/C18H28N2O/c1-4-9-19-12-17-8-7-16(11-18(17)21-3)14-20-10-5-6-15(2)13-20/h4,7-8,11,15,19H,1,5-6,9-10,12-14H2,2-3H3. The number of nitrogens with one attached hydrogen (secondary N) is 1. The van der Waals surface area contributed by atoms with Gasteiger partial charge in [0.05, 0.1) is 7.11 Å². The molecule has 1 unspecified atom stereocenters. The van der Waals surface area contributed by atoms with E-state index >= 15 is 0 Å². The lowest BCUT2D eigenvalue weighted by Crippen LogP contribution is -2.33. The number of benzene rings is 1. The van der Waals surface area contributed by atoms with E-state index in [0.717, 1.165) is 31.3 Å². The van der Waals surface area contributed by atoms with Crippen LogP contribution in [0.3, 0.4) is 0 Å². The van der Waals surface area contributed by atoms with Crippen LogP contribution in [0.15, 0.2) is 30.9 Å². The molecule has 0 aromatic heterocycles. The van der Waals surface area contributed by atoms with Crippen molar-refractivity contribution in [3.05, 3.63) is 42.0 Å². The molecule has 1 N–H and O–H groups in total. The molecule has 0 aliphatic carbocycles. The zero-order valence-corrected chi connectivity index (χ0v) is 13.4. The third-order valence-corrected chi connectivity index (χ3v) is 4.10. The van der Waals surface area contributed by atoms with Crippen molar-refractivity contribution in [2.75, 3.05) is 26.7 Å². The third-order valence-electron chi connectivity index (χ3n) is 4.10. The van der Waals surface area contributed by atoms with Gasteiger partial charge in [0.15, 0.2) is 0 Å². The predicted octanol–water partition coefficient (Wildman–Crippen LogP) is 3.20. The van der Waals surface area contributed by atoms with Gasteiger partial charge in [-0.3, -0.25) is 4.90 Å². The van der Waals surface area contributed by atoms with Crippen LogP contribution in [0.5, 0.6) is 5.75 Å². The average molecular weight is 288 g/mol. The van der Waals surface area contributed by atoms with Crippen LogP contribution in [-0.4, -0.2) is 31.6 Å². The van der Waals surface area contributed by atoms with E-state index in [4.69, 9.17) is 4.74 Å². The molecular weight excluding hydrogens is 260 g/mol. The van der Waals surface area contributed by atoms with Crippen molar-refractivity contribution in [3.8, 4) is 5.75 Å². The number of hydrogen-bond donors (Lipinski definition) is 1. The summed E-state index contributed by atoms with van der Waals surface area (Å²) in [5.74, 6) is 1.80. The molecule has 1 saturated heterocycles. The molecule has 116 valence electrons. The molecule has 1 aliphatic heterocycles. The molecule has 2 rings (SSSR count). The molecule has 1 fully saturated rings. The zero-order chi connectivity index (χ0) is 15.1. The Kier molecular flexibility index (Phi) is 6.27. The van der Waals surface area contributed by atoms with E-state index in [1.807, 2.05) is 6.08 Å². The molecule has 1 heterocycles. The van der Waals surface area contributed by atoms with Crippen molar-refractivity contribution in [1.29, 1.82) is 0 Å². The van der Waals surface area contributed by atoms with Crippen LogP contribution in [0.4, 0.5) is 0 Å². The second kappa shape index (κ2) is 8.20. The summed E-state index contributed by atoms with van der Waals surface area (Å²) in [5, 5.41) is 3.32. The van der Waals surface area contributed by atoms with Crippen LogP contribution in [0.2, 0.25) is 0 Å². The fraction of sp³-hybridized carbons (Fsp3) is 0.556. The highest BCUT2D eigenvalue weighted by atomic mass is 16.5. The Balaban J connectivity index is 1.98. The maximum absolute atomic E-state index is 5.54. The third kappa shape index (κ3) is 4.87. The van der Waals surface area contributed by atoms with E-state index in [2.05, 4.69) is 41.9 Å². The Morgan fingerprint density at radius 2 is 2.33 bits per heavy atom. The fourth-order valence-electron chi connectivity index (χ4n) is 3.03. The Hall–Kier alpha value is -1.32. The highest BCUT2D eigenvalue weighted by Gasteiger charge is 2.16. The lowest BCUT2D eigenvalue weighted by Gasteiger charge is -2.31. The van der Waals surface area contributed by atoms with Gasteiger partial charge in [-0.05, 0) is 36.9 Å². The van der Waals surface area contributed by atoms with E-state index < -0.39 is 0 Å². The first kappa shape index (κ1) is 16.1. The molecule has 0 saturated carbocycles. The average Bonchev–Trinajstić information content (AvgIpc) is 2.48. The van der Waals surface area contributed by atoms with Gasteiger partial charge >= 0.3 is 0 Å². The number of methoxy groups -OCH3 is 1. The van der Waals surface area contributed by atoms with Crippen molar-refractivity contribution < 1.29 is 4.74 Å². The SMILES string of the molecule is C=CCNCc1ccc(CN2CCCC(C)C2)cc1OC. The summed E-state index contributed by atoms with van der Waals surface area (Å²) in [6, 6.07) is 6.59. The molecule has 21 heavy (non-hydrogen) atoms. The molecule has 1 aromatic carbocycles. The summed E-state index contributed by atoms with van der Waals surface area (Å²) in [6.45, 7) is 11.2. The van der Waals surface area contributed by atoms with Gasteiger partial charge in [-0.25, -0.2) is 0 Å². The second-order valence-electron chi connectivity index (χ2n) is 6.05. The van der Waals surface area contributed by atoms with E-state index in [-0.39, 0.29) is 0 Å². The van der Waals surface area contributed by atoms with Crippen molar-refractivity contribution in [2.45, 2.75) is 32.9 Å². The largest absolute Gasteiger partial charge is 0.496 e. The first-order chi connectivity index (χ1) is 10.2. The number of ether oxygens (including phenoxy) is 1. The van der Waals surface area contributed by atoms with Gasteiger partial charge in [0.1, 0.15) is 5.75 Å². The van der Waals surface area contributed by atoms with Crippen LogP contribution in [0, 0.1) is 5.92 Å². The van der Waals surface area contributed by atoms with Gasteiger partial charge in [0.25, 0.3) is 0 Å². The van der Waals surface area contributed by atoms with Crippen LogP contribution >= 0.6 is 0 Å². The maximum Gasteiger partial charge on any atom is 0.123 e. The molecule has 0 bridgehead atoms. The summed E-state index contributed by atoms with van der Waals surface area (Å²) < 4.78 is 5.54. The van der Waals surface area contributed by atoms with Crippen LogP contribution in [0.1, 0.15) is 30.9 Å². The molecule has 0 spiro atoms. The molecule has 1 aromatic rings. The van der Waals surface area contributed by atoms with Crippen LogP contribution < -0.4 is 10.1 Å². The minimum absolute atomic E-state index is 0.816. The highest BCUT2D eigenvalue weighted by molar-refractivity contribution is 5.37. The lowest BCUT2D eigenvalue weighted by atomic mass is 9.99. The van der Waals surface area contributed by atoms with Crippen LogP contribution in [0.25, 0.3) is 0 Å². The number of piperidine rings is 1. The van der Waals surface area contributed by atoms with E-state index in [1.165, 1.54) is 37.1 Å². The van der Waals surface area contributed by atoms with E-state index in [9.17, 15) is 0 Å². The zero-order valence-electron chi connectivity index (χ0n) is 13.4. The van der Waals surface area contributed by atoms with Gasteiger partial charge in [0, 0.05) is 31.7 Å². The van der Waals surface area contributed by atoms with Gasteiger partial charge in [-0.2, -0.15) is 0 Å². The summed E-state index contributed by atoms with van der Waals surface area (Å²) in [5.41, 5.74) is 2.54. The summed E-state index contributed by atoms with van der Waals surface area (Å²) in [4.78, 5) is 2.55. The molecule has 3 nitrogen and oxygen atoms in total. The van der Waals surface area contributed by atoms with Crippen molar-refractivity contribution in [2.24, 2.45) is 5.92 Å². The molecule has 1 atom stereocenters. The van der Waals surface area contributed by atoms with Crippen molar-refractivity contribution in [1.82, 2.24) is 10.2 Å². The van der Waals surface area contributed by atoms with Gasteiger partial charge in [0.2, 0.25) is 0 Å². The van der Waals surface area contributed by atoms with Gasteiger partial charge in [-0.15, -0.1) is 6.58 Å². The quantitative estimate of drug-likeness (QED) is 0.616. The van der Waals surface area contributed by atoms with Gasteiger partial charge in [-0.1, -0.05) is 25.1 Å². The number of nitrogens with zero attached hydrogens (tertiary/aromatic N) is 1. The summed E-state index contributed by atoms with van der Waals surface area (Å²) in [6.07, 6.45) is 4.56. The molecule has 0 amide bonds. The Bertz CT molecular complexity index is 459.